The van der Waals surface area contributed by atoms with Gasteiger partial charge < -0.3 is 4.90 Å². The van der Waals surface area contributed by atoms with Crippen LogP contribution >= 0.6 is 0 Å². The first-order chi connectivity index (χ1) is 11.7. The summed E-state index contributed by atoms with van der Waals surface area (Å²) in [5.74, 6) is 0.0399. The minimum Gasteiger partial charge on any atom is -0.312 e. The summed E-state index contributed by atoms with van der Waals surface area (Å²) >= 11 is 0. The Labute approximate surface area is 142 Å². The lowest BCUT2D eigenvalue weighted by Gasteiger charge is -2.38. The summed E-state index contributed by atoms with van der Waals surface area (Å²) < 4.78 is 0. The fourth-order valence-corrected chi connectivity index (χ4v) is 4.37. The molecule has 3 amide bonds. The molecule has 3 fully saturated rings. The molecule has 3 aliphatic heterocycles. The minimum absolute atomic E-state index is 0.0399. The fraction of sp³-hybridized carbons (Fsp3) is 0.611. The van der Waals surface area contributed by atoms with Crippen molar-refractivity contribution in [2.45, 2.75) is 50.7 Å². The van der Waals surface area contributed by atoms with E-state index >= 15 is 0 Å². The van der Waals surface area contributed by atoms with Crippen molar-refractivity contribution in [1.82, 2.24) is 19.7 Å². The lowest BCUT2D eigenvalue weighted by atomic mass is 9.99. The van der Waals surface area contributed by atoms with Gasteiger partial charge >= 0.3 is 6.03 Å². The lowest BCUT2D eigenvalue weighted by Crippen LogP contribution is -2.48. The highest BCUT2D eigenvalue weighted by Gasteiger charge is 2.50. The second-order valence-electron chi connectivity index (χ2n) is 7.07. The van der Waals surface area contributed by atoms with E-state index in [9.17, 15) is 9.59 Å². The highest BCUT2D eigenvalue weighted by molar-refractivity contribution is 6.04. The molecule has 1 aromatic heterocycles. The van der Waals surface area contributed by atoms with Gasteiger partial charge in [0.15, 0.2) is 0 Å². The van der Waals surface area contributed by atoms with E-state index in [0.717, 1.165) is 45.3 Å². The monoisotopic (exact) mass is 328 g/mol. The SMILES string of the molecule is C[C@H](c1ccncc1)N1CCC(N2C(=O)[C@@H]3CCCN3C2=O)CC1. The molecule has 0 radical (unpaired) electrons. The van der Waals surface area contributed by atoms with Crippen molar-refractivity contribution in [2.24, 2.45) is 0 Å². The van der Waals surface area contributed by atoms with Gasteiger partial charge in [0.25, 0.3) is 5.91 Å². The van der Waals surface area contributed by atoms with Crippen LogP contribution < -0.4 is 0 Å². The van der Waals surface area contributed by atoms with Crippen LogP contribution in [0.15, 0.2) is 24.5 Å². The van der Waals surface area contributed by atoms with Crippen LogP contribution in [0.2, 0.25) is 0 Å². The number of pyridine rings is 1. The van der Waals surface area contributed by atoms with Crippen molar-refractivity contribution in [1.29, 1.82) is 0 Å². The predicted molar refractivity (Wildman–Crippen MR) is 89.2 cm³/mol. The molecular weight excluding hydrogens is 304 g/mol. The van der Waals surface area contributed by atoms with Crippen LogP contribution in [0.5, 0.6) is 0 Å². The number of rotatable bonds is 3. The van der Waals surface area contributed by atoms with Gasteiger partial charge in [0, 0.05) is 44.1 Å². The van der Waals surface area contributed by atoms with Gasteiger partial charge in [-0.05, 0) is 50.3 Å². The molecule has 3 aliphatic rings. The number of imide groups is 1. The van der Waals surface area contributed by atoms with Crippen molar-refractivity contribution in [3.05, 3.63) is 30.1 Å². The summed E-state index contributed by atoms with van der Waals surface area (Å²) in [5, 5.41) is 0. The summed E-state index contributed by atoms with van der Waals surface area (Å²) in [6, 6.07) is 4.28. The van der Waals surface area contributed by atoms with Crippen LogP contribution in [0.4, 0.5) is 4.79 Å². The number of fused-ring (bicyclic) bond motifs is 1. The topological polar surface area (TPSA) is 56.8 Å². The maximum atomic E-state index is 12.6. The third-order valence-corrected chi connectivity index (χ3v) is 5.83. The van der Waals surface area contributed by atoms with Crippen molar-refractivity contribution in [3.8, 4) is 0 Å². The third kappa shape index (κ3) is 2.49. The van der Waals surface area contributed by atoms with E-state index in [2.05, 4.69) is 28.9 Å². The van der Waals surface area contributed by atoms with E-state index in [-0.39, 0.29) is 24.0 Å². The number of hydrogen-bond acceptors (Lipinski definition) is 4. The number of likely N-dealkylation sites (tertiary alicyclic amines) is 1. The summed E-state index contributed by atoms with van der Waals surface area (Å²) in [5.41, 5.74) is 1.26. The molecule has 0 spiro atoms. The number of carbonyl (C=O) groups is 2. The van der Waals surface area contributed by atoms with Crippen molar-refractivity contribution in [3.63, 3.8) is 0 Å². The molecule has 0 aromatic carbocycles. The smallest absolute Gasteiger partial charge is 0.312 e. The van der Waals surface area contributed by atoms with E-state index in [1.54, 1.807) is 9.80 Å². The Kier molecular flexibility index (Phi) is 4.00. The molecule has 0 saturated carbocycles. The van der Waals surface area contributed by atoms with Crippen LogP contribution in [0.1, 0.15) is 44.2 Å². The molecule has 0 N–H and O–H groups in total. The fourth-order valence-electron chi connectivity index (χ4n) is 4.37. The van der Waals surface area contributed by atoms with Gasteiger partial charge in [-0.15, -0.1) is 0 Å². The van der Waals surface area contributed by atoms with Crippen LogP contribution in [0.25, 0.3) is 0 Å². The number of piperidine rings is 1. The van der Waals surface area contributed by atoms with E-state index in [1.165, 1.54) is 5.56 Å². The van der Waals surface area contributed by atoms with Crippen LogP contribution in [0.3, 0.4) is 0 Å². The van der Waals surface area contributed by atoms with Gasteiger partial charge in [-0.1, -0.05) is 0 Å². The number of nitrogens with zero attached hydrogens (tertiary/aromatic N) is 4. The molecule has 6 nitrogen and oxygen atoms in total. The third-order valence-electron chi connectivity index (χ3n) is 5.83. The van der Waals surface area contributed by atoms with E-state index in [1.807, 2.05) is 12.4 Å². The average Bonchev–Trinajstić information content (AvgIpc) is 3.20. The number of aromatic nitrogens is 1. The largest absolute Gasteiger partial charge is 0.327 e. The Balaban J connectivity index is 1.40. The molecule has 1 aromatic rings. The van der Waals surface area contributed by atoms with Gasteiger partial charge in [0.1, 0.15) is 6.04 Å². The standard InChI is InChI=1S/C18H24N4O2/c1-13(14-4-8-19-9-5-14)20-11-6-15(7-12-20)22-17(23)16-3-2-10-21(16)18(22)24/h4-5,8-9,13,15-16H,2-3,6-7,10-12H2,1H3/t13-,16+/m1/s1. The normalized spacial score (nSPS) is 27.0. The lowest BCUT2D eigenvalue weighted by molar-refractivity contribution is -0.130. The molecular formula is C18H24N4O2. The highest BCUT2D eigenvalue weighted by Crippen LogP contribution is 2.32. The Morgan fingerprint density at radius 3 is 2.46 bits per heavy atom. The molecule has 0 unspecified atom stereocenters. The van der Waals surface area contributed by atoms with Crippen molar-refractivity contribution < 1.29 is 9.59 Å². The van der Waals surface area contributed by atoms with Gasteiger partial charge in [-0.25, -0.2) is 4.79 Å². The first-order valence-corrected chi connectivity index (χ1v) is 8.94. The molecule has 2 atom stereocenters. The minimum atomic E-state index is -0.175. The zero-order valence-electron chi connectivity index (χ0n) is 14.1. The highest BCUT2D eigenvalue weighted by atomic mass is 16.2. The second kappa shape index (κ2) is 6.16. The number of urea groups is 1. The molecule has 0 aliphatic carbocycles. The molecule has 4 heterocycles. The predicted octanol–water partition coefficient (Wildman–Crippen LogP) is 2.03. The van der Waals surface area contributed by atoms with Gasteiger partial charge in [0.05, 0.1) is 0 Å². The number of hydrogen-bond donors (Lipinski definition) is 0. The molecule has 24 heavy (non-hydrogen) atoms. The maximum Gasteiger partial charge on any atom is 0.327 e. The van der Waals surface area contributed by atoms with Gasteiger partial charge in [-0.3, -0.25) is 19.6 Å². The molecule has 4 rings (SSSR count). The van der Waals surface area contributed by atoms with Gasteiger partial charge in [-0.2, -0.15) is 0 Å². The first-order valence-electron chi connectivity index (χ1n) is 8.94. The summed E-state index contributed by atoms with van der Waals surface area (Å²) in [6.07, 6.45) is 7.18. The van der Waals surface area contributed by atoms with Crippen LogP contribution in [0, 0.1) is 0 Å². The Morgan fingerprint density at radius 2 is 1.79 bits per heavy atom. The van der Waals surface area contributed by atoms with Gasteiger partial charge in [0.2, 0.25) is 0 Å². The number of amides is 3. The van der Waals surface area contributed by atoms with Crippen LogP contribution in [-0.2, 0) is 4.79 Å². The van der Waals surface area contributed by atoms with Crippen LogP contribution in [-0.4, -0.2) is 63.3 Å². The van der Waals surface area contributed by atoms with Crippen molar-refractivity contribution in [2.75, 3.05) is 19.6 Å². The summed E-state index contributed by atoms with van der Waals surface area (Å²) in [4.78, 5) is 35.0. The first kappa shape index (κ1) is 15.6. The number of carbonyl (C=O) groups excluding carboxylic acids is 2. The van der Waals surface area contributed by atoms with Crippen molar-refractivity contribution >= 4 is 11.9 Å². The second-order valence-corrected chi connectivity index (χ2v) is 7.07. The zero-order valence-corrected chi connectivity index (χ0v) is 14.1. The van der Waals surface area contributed by atoms with E-state index in [0.29, 0.717) is 6.04 Å². The molecule has 3 saturated heterocycles. The van der Waals surface area contributed by atoms with E-state index in [4.69, 9.17) is 0 Å². The summed E-state index contributed by atoms with van der Waals surface area (Å²) in [7, 11) is 0. The molecule has 128 valence electrons. The quantitative estimate of drug-likeness (QED) is 0.797. The average molecular weight is 328 g/mol. The zero-order chi connectivity index (χ0) is 16.7. The Hall–Kier alpha value is -1.95. The molecule has 6 heteroatoms. The maximum absolute atomic E-state index is 12.6. The molecule has 0 bridgehead atoms. The Morgan fingerprint density at radius 1 is 1.08 bits per heavy atom. The summed E-state index contributed by atoms with van der Waals surface area (Å²) in [6.45, 7) is 4.77. The Bertz CT molecular complexity index is 605. The van der Waals surface area contributed by atoms with E-state index < -0.39 is 0 Å².